The molecule has 2 aromatic rings. The first-order valence-electron chi connectivity index (χ1n) is 10.6. The van der Waals surface area contributed by atoms with Gasteiger partial charge in [-0.25, -0.2) is 0 Å². The van der Waals surface area contributed by atoms with E-state index in [0.29, 0.717) is 42.3 Å². The van der Waals surface area contributed by atoms with Gasteiger partial charge in [0.25, 0.3) is 5.91 Å². The number of aryl methyl sites for hydroxylation is 1. The van der Waals surface area contributed by atoms with Gasteiger partial charge in [-0.1, -0.05) is 6.07 Å². The summed E-state index contributed by atoms with van der Waals surface area (Å²) in [6.07, 6.45) is 0.315. The normalized spacial score (nSPS) is 15.2. The molecule has 1 aliphatic rings. The van der Waals surface area contributed by atoms with E-state index in [1.54, 1.807) is 38.2 Å². The summed E-state index contributed by atoms with van der Waals surface area (Å²) in [5, 5.41) is 2.92. The third-order valence-electron chi connectivity index (χ3n) is 5.31. The molecule has 0 fully saturated rings. The van der Waals surface area contributed by atoms with Crippen molar-refractivity contribution in [1.82, 2.24) is 4.90 Å². The van der Waals surface area contributed by atoms with E-state index in [-0.39, 0.29) is 11.8 Å². The maximum Gasteiger partial charge on any atom is 0.267 e. The molecule has 0 radical (unpaired) electrons. The maximum atomic E-state index is 12.6. The Hall–Kier alpha value is -3.26. The Morgan fingerprint density at radius 1 is 1.12 bits per heavy atom. The van der Waals surface area contributed by atoms with Crippen LogP contribution < -0.4 is 24.4 Å². The van der Waals surface area contributed by atoms with Crippen LogP contribution in [0, 0.1) is 0 Å². The minimum atomic E-state index is -0.569. The highest BCUT2D eigenvalue weighted by atomic mass is 16.5. The van der Waals surface area contributed by atoms with Crippen LogP contribution in [0.4, 0.5) is 11.4 Å². The molecule has 0 saturated carbocycles. The first-order valence-corrected chi connectivity index (χ1v) is 10.6. The minimum absolute atomic E-state index is 0.0638. The molecule has 2 aromatic carbocycles. The first-order chi connectivity index (χ1) is 15.3. The third-order valence-corrected chi connectivity index (χ3v) is 5.31. The molecule has 172 valence electrons. The predicted octanol–water partition coefficient (Wildman–Crippen LogP) is 2.95. The number of nitrogens with zero attached hydrogens (tertiary/aromatic N) is 2. The van der Waals surface area contributed by atoms with Crippen LogP contribution in [-0.4, -0.2) is 64.2 Å². The lowest BCUT2D eigenvalue weighted by Crippen LogP contribution is -2.46. The number of hydrogen-bond donors (Lipinski definition) is 1. The second kappa shape index (κ2) is 10.4. The Labute approximate surface area is 189 Å². The smallest absolute Gasteiger partial charge is 0.267 e. The van der Waals surface area contributed by atoms with Gasteiger partial charge < -0.3 is 29.3 Å². The van der Waals surface area contributed by atoms with E-state index < -0.39 is 6.10 Å². The quantitative estimate of drug-likeness (QED) is 0.645. The zero-order valence-corrected chi connectivity index (χ0v) is 19.3. The minimum Gasteiger partial charge on any atom is -0.493 e. The summed E-state index contributed by atoms with van der Waals surface area (Å²) in [4.78, 5) is 28.8. The van der Waals surface area contributed by atoms with Crippen LogP contribution in [0.5, 0.6) is 17.2 Å². The van der Waals surface area contributed by atoms with Gasteiger partial charge in [-0.3, -0.25) is 9.59 Å². The summed E-state index contributed by atoms with van der Waals surface area (Å²) >= 11 is 0. The monoisotopic (exact) mass is 441 g/mol. The van der Waals surface area contributed by atoms with E-state index in [1.807, 2.05) is 43.3 Å². The van der Waals surface area contributed by atoms with E-state index >= 15 is 0 Å². The summed E-state index contributed by atoms with van der Waals surface area (Å²) in [5.74, 6) is 1.71. The fourth-order valence-corrected chi connectivity index (χ4v) is 3.54. The van der Waals surface area contributed by atoms with E-state index in [0.717, 1.165) is 17.8 Å². The zero-order valence-electron chi connectivity index (χ0n) is 19.3. The van der Waals surface area contributed by atoms with Crippen molar-refractivity contribution in [3.05, 3.63) is 42.0 Å². The standard InChI is InChI=1S/C24H31N3O5/c1-16-24(29)27(13-12-26(2)3)19-9-8-18(15-21(19)32-16)25-23(28)11-7-17-6-10-20(30-4)22(14-17)31-5/h6,8-10,14-16H,7,11-13H2,1-5H3,(H,25,28). The van der Waals surface area contributed by atoms with Gasteiger partial charge in [0, 0.05) is 31.3 Å². The molecule has 1 heterocycles. The maximum absolute atomic E-state index is 12.6. The molecule has 32 heavy (non-hydrogen) atoms. The molecule has 1 N–H and O–H groups in total. The lowest BCUT2D eigenvalue weighted by Gasteiger charge is -2.34. The van der Waals surface area contributed by atoms with Gasteiger partial charge in [0.2, 0.25) is 5.91 Å². The zero-order chi connectivity index (χ0) is 23.3. The average Bonchev–Trinajstić information content (AvgIpc) is 2.77. The van der Waals surface area contributed by atoms with Crippen molar-refractivity contribution in [3.8, 4) is 17.2 Å². The second-order valence-corrected chi connectivity index (χ2v) is 7.97. The molecule has 2 amide bonds. The second-order valence-electron chi connectivity index (χ2n) is 7.97. The van der Waals surface area contributed by atoms with Crippen molar-refractivity contribution >= 4 is 23.2 Å². The number of likely N-dealkylation sites (N-methyl/N-ethyl adjacent to an activating group) is 1. The molecule has 1 aliphatic heterocycles. The van der Waals surface area contributed by atoms with E-state index in [4.69, 9.17) is 14.2 Å². The number of nitrogens with one attached hydrogen (secondary N) is 1. The predicted molar refractivity (Wildman–Crippen MR) is 124 cm³/mol. The number of amides is 2. The number of hydrogen-bond acceptors (Lipinski definition) is 6. The molecule has 8 heteroatoms. The highest BCUT2D eigenvalue weighted by Gasteiger charge is 2.31. The number of carbonyl (C=O) groups excluding carboxylic acids is 2. The molecular weight excluding hydrogens is 410 g/mol. The number of ether oxygens (including phenoxy) is 3. The third kappa shape index (κ3) is 5.50. The fraction of sp³-hybridized carbons (Fsp3) is 0.417. The van der Waals surface area contributed by atoms with Crippen molar-refractivity contribution in [3.63, 3.8) is 0 Å². The largest absolute Gasteiger partial charge is 0.493 e. The number of anilines is 2. The topological polar surface area (TPSA) is 80.3 Å². The Morgan fingerprint density at radius 2 is 1.88 bits per heavy atom. The number of carbonyl (C=O) groups is 2. The van der Waals surface area contributed by atoms with E-state index in [2.05, 4.69) is 5.32 Å². The number of fused-ring (bicyclic) bond motifs is 1. The van der Waals surface area contributed by atoms with Gasteiger partial charge in [0.1, 0.15) is 5.75 Å². The Balaban J connectivity index is 1.65. The highest BCUT2D eigenvalue weighted by Crippen LogP contribution is 2.36. The number of methoxy groups -OCH3 is 2. The van der Waals surface area contributed by atoms with Crippen LogP contribution in [0.3, 0.4) is 0 Å². The van der Waals surface area contributed by atoms with Crippen molar-refractivity contribution in [2.24, 2.45) is 0 Å². The van der Waals surface area contributed by atoms with Gasteiger partial charge >= 0.3 is 0 Å². The molecule has 0 bridgehead atoms. The lowest BCUT2D eigenvalue weighted by atomic mass is 10.1. The Kier molecular flexibility index (Phi) is 7.58. The van der Waals surface area contributed by atoms with Gasteiger partial charge in [-0.05, 0) is 57.3 Å². The van der Waals surface area contributed by atoms with Crippen LogP contribution in [0.1, 0.15) is 18.9 Å². The number of benzene rings is 2. The SMILES string of the molecule is COc1ccc(CCC(=O)Nc2ccc3c(c2)OC(C)C(=O)N3CCN(C)C)cc1OC. The van der Waals surface area contributed by atoms with Crippen molar-refractivity contribution in [1.29, 1.82) is 0 Å². The van der Waals surface area contributed by atoms with Crippen LogP contribution >= 0.6 is 0 Å². The molecular formula is C24H31N3O5. The highest BCUT2D eigenvalue weighted by molar-refractivity contribution is 6.00. The summed E-state index contributed by atoms with van der Waals surface area (Å²) < 4.78 is 16.4. The molecule has 8 nitrogen and oxygen atoms in total. The molecule has 0 saturated heterocycles. The van der Waals surface area contributed by atoms with Crippen molar-refractivity contribution in [2.45, 2.75) is 25.9 Å². The molecule has 1 unspecified atom stereocenters. The van der Waals surface area contributed by atoms with Gasteiger partial charge in [0.05, 0.1) is 19.9 Å². The fourth-order valence-electron chi connectivity index (χ4n) is 3.54. The number of rotatable bonds is 9. The summed E-state index contributed by atoms with van der Waals surface area (Å²) in [7, 11) is 7.11. The molecule has 0 aromatic heterocycles. The van der Waals surface area contributed by atoms with Crippen LogP contribution in [0.25, 0.3) is 0 Å². The molecule has 0 aliphatic carbocycles. The van der Waals surface area contributed by atoms with Crippen LogP contribution in [0.15, 0.2) is 36.4 Å². The first kappa shape index (κ1) is 23.4. The Bertz CT molecular complexity index is 976. The Morgan fingerprint density at radius 3 is 2.56 bits per heavy atom. The molecule has 1 atom stereocenters. The van der Waals surface area contributed by atoms with E-state index in [1.165, 1.54) is 0 Å². The van der Waals surface area contributed by atoms with Crippen molar-refractivity contribution < 1.29 is 23.8 Å². The molecule has 0 spiro atoms. The van der Waals surface area contributed by atoms with Crippen LogP contribution in [-0.2, 0) is 16.0 Å². The van der Waals surface area contributed by atoms with Gasteiger partial charge in [0.15, 0.2) is 17.6 Å². The van der Waals surface area contributed by atoms with Crippen LogP contribution in [0.2, 0.25) is 0 Å². The average molecular weight is 442 g/mol. The summed E-state index contributed by atoms with van der Waals surface area (Å²) in [5.41, 5.74) is 2.34. The summed E-state index contributed by atoms with van der Waals surface area (Å²) in [6, 6.07) is 11.0. The van der Waals surface area contributed by atoms with E-state index in [9.17, 15) is 9.59 Å². The van der Waals surface area contributed by atoms with Crippen molar-refractivity contribution in [2.75, 3.05) is 51.6 Å². The summed E-state index contributed by atoms with van der Waals surface area (Å²) in [6.45, 7) is 3.05. The van der Waals surface area contributed by atoms with Gasteiger partial charge in [-0.15, -0.1) is 0 Å². The molecule has 3 rings (SSSR count). The lowest BCUT2D eigenvalue weighted by molar-refractivity contribution is -0.125. The van der Waals surface area contributed by atoms with Gasteiger partial charge in [-0.2, -0.15) is 0 Å².